The van der Waals surface area contributed by atoms with Crippen molar-refractivity contribution in [1.29, 1.82) is 5.41 Å². The molecule has 1 aliphatic carbocycles. The molecule has 196 valence electrons. The summed E-state index contributed by atoms with van der Waals surface area (Å²) in [6.07, 6.45) is 5.43. The van der Waals surface area contributed by atoms with Gasteiger partial charge in [0.05, 0.1) is 17.6 Å². The average Bonchev–Trinajstić information content (AvgIpc) is 3.26. The van der Waals surface area contributed by atoms with Crippen LogP contribution in [0.1, 0.15) is 37.7 Å². The van der Waals surface area contributed by atoms with Gasteiger partial charge in [-0.1, -0.05) is 91.5 Å². The minimum atomic E-state index is 0.101. The molecule has 1 fully saturated rings. The lowest BCUT2D eigenvalue weighted by Gasteiger charge is -2.21. The second-order valence-electron chi connectivity index (χ2n) is 10.2. The molecular formula is C33H31ClN4O. The summed E-state index contributed by atoms with van der Waals surface area (Å²) in [5, 5.41) is 13.0. The minimum absolute atomic E-state index is 0.101. The molecule has 0 spiro atoms. The highest BCUT2D eigenvalue weighted by atomic mass is 35.5. The number of nitrogens with zero attached hydrogens (tertiary/aromatic N) is 2. The van der Waals surface area contributed by atoms with Gasteiger partial charge in [0.1, 0.15) is 0 Å². The van der Waals surface area contributed by atoms with Gasteiger partial charge in [-0.05, 0) is 60.4 Å². The van der Waals surface area contributed by atoms with E-state index in [1.54, 1.807) is 0 Å². The van der Waals surface area contributed by atoms with E-state index in [-0.39, 0.29) is 11.8 Å². The molecule has 0 radical (unpaired) electrons. The van der Waals surface area contributed by atoms with Crippen LogP contribution < -0.4 is 10.9 Å². The van der Waals surface area contributed by atoms with Crippen LogP contribution in [0.25, 0.3) is 27.8 Å². The van der Waals surface area contributed by atoms with E-state index in [0.29, 0.717) is 17.2 Å². The molecule has 5 nitrogen and oxygen atoms in total. The first-order valence-electron chi connectivity index (χ1n) is 13.6. The zero-order valence-electron chi connectivity index (χ0n) is 21.7. The molecule has 1 aromatic heterocycles. The SMILES string of the molecule is N=c1n(Cc2ccccc2Cl)c2ccccc2n1-c1ccc(-c2ccccc2NC(=O)C2CCCCC2)cc1. The lowest BCUT2D eigenvalue weighted by Crippen LogP contribution is -2.25. The van der Waals surface area contributed by atoms with Crippen LogP contribution in [0, 0.1) is 11.3 Å². The molecule has 1 amide bonds. The highest BCUT2D eigenvalue weighted by molar-refractivity contribution is 6.31. The summed E-state index contributed by atoms with van der Waals surface area (Å²) in [6, 6.07) is 32.0. The van der Waals surface area contributed by atoms with E-state index in [0.717, 1.165) is 64.8 Å². The quantitative estimate of drug-likeness (QED) is 0.229. The number of carbonyl (C=O) groups excluding carboxylic acids is 1. The molecular weight excluding hydrogens is 504 g/mol. The van der Waals surface area contributed by atoms with Gasteiger partial charge in [-0.25, -0.2) is 0 Å². The third-order valence-electron chi connectivity index (χ3n) is 7.76. The van der Waals surface area contributed by atoms with Crippen LogP contribution in [0.3, 0.4) is 0 Å². The lowest BCUT2D eigenvalue weighted by atomic mass is 9.88. The van der Waals surface area contributed by atoms with Crippen molar-refractivity contribution in [3.63, 3.8) is 0 Å². The van der Waals surface area contributed by atoms with Gasteiger partial charge in [-0.15, -0.1) is 0 Å². The third-order valence-corrected chi connectivity index (χ3v) is 8.13. The number of fused-ring (bicyclic) bond motifs is 1. The van der Waals surface area contributed by atoms with E-state index in [9.17, 15) is 4.79 Å². The van der Waals surface area contributed by atoms with Gasteiger partial charge >= 0.3 is 0 Å². The fourth-order valence-corrected chi connectivity index (χ4v) is 5.88. The average molecular weight is 535 g/mol. The van der Waals surface area contributed by atoms with Gasteiger partial charge in [-0.3, -0.25) is 14.8 Å². The zero-order valence-corrected chi connectivity index (χ0v) is 22.5. The Morgan fingerprint density at radius 1 is 0.821 bits per heavy atom. The van der Waals surface area contributed by atoms with Crippen molar-refractivity contribution in [1.82, 2.24) is 9.13 Å². The van der Waals surface area contributed by atoms with Gasteiger partial charge in [-0.2, -0.15) is 0 Å². The maximum absolute atomic E-state index is 13.0. The number of amides is 1. The molecule has 6 heteroatoms. The molecule has 0 aliphatic heterocycles. The molecule has 6 rings (SSSR count). The van der Waals surface area contributed by atoms with E-state index in [1.165, 1.54) is 6.42 Å². The normalized spacial score (nSPS) is 14.0. The van der Waals surface area contributed by atoms with Crippen LogP contribution in [-0.4, -0.2) is 15.0 Å². The number of halogens is 1. The summed E-state index contributed by atoms with van der Waals surface area (Å²) in [5.74, 6) is 0.226. The van der Waals surface area contributed by atoms with Crippen LogP contribution in [0.15, 0.2) is 97.1 Å². The van der Waals surface area contributed by atoms with E-state index in [1.807, 2.05) is 94.1 Å². The first-order chi connectivity index (χ1) is 19.1. The van der Waals surface area contributed by atoms with Crippen molar-refractivity contribution in [3.8, 4) is 16.8 Å². The summed E-state index contributed by atoms with van der Waals surface area (Å²) >= 11 is 6.46. The molecule has 1 aliphatic rings. The Labute approximate surface area is 233 Å². The first-order valence-corrected chi connectivity index (χ1v) is 14.0. The number of benzene rings is 4. The second-order valence-corrected chi connectivity index (χ2v) is 10.6. The maximum Gasteiger partial charge on any atom is 0.227 e. The zero-order chi connectivity index (χ0) is 26.8. The molecule has 0 bridgehead atoms. The number of aromatic nitrogens is 2. The topological polar surface area (TPSA) is 62.8 Å². The number of nitrogens with one attached hydrogen (secondary N) is 2. The Balaban J connectivity index is 1.33. The number of rotatable bonds is 6. The Bertz CT molecular complexity index is 1690. The van der Waals surface area contributed by atoms with Crippen molar-refractivity contribution in [2.24, 2.45) is 5.92 Å². The Morgan fingerprint density at radius 3 is 2.26 bits per heavy atom. The highest BCUT2D eigenvalue weighted by Gasteiger charge is 2.22. The van der Waals surface area contributed by atoms with Crippen LogP contribution >= 0.6 is 11.6 Å². The molecule has 0 unspecified atom stereocenters. The van der Waals surface area contributed by atoms with E-state index in [2.05, 4.69) is 17.4 Å². The third kappa shape index (κ3) is 5.02. The monoisotopic (exact) mass is 534 g/mol. The van der Waals surface area contributed by atoms with Crippen molar-refractivity contribution < 1.29 is 4.79 Å². The van der Waals surface area contributed by atoms with E-state index in [4.69, 9.17) is 17.0 Å². The molecule has 2 N–H and O–H groups in total. The molecule has 1 saturated carbocycles. The minimum Gasteiger partial charge on any atom is -0.325 e. The van der Waals surface area contributed by atoms with Gasteiger partial charge in [0.25, 0.3) is 0 Å². The predicted molar refractivity (Wildman–Crippen MR) is 158 cm³/mol. The van der Waals surface area contributed by atoms with Crippen molar-refractivity contribution >= 4 is 34.2 Å². The van der Waals surface area contributed by atoms with Crippen LogP contribution in [0.4, 0.5) is 5.69 Å². The van der Waals surface area contributed by atoms with E-state index >= 15 is 0 Å². The fraction of sp³-hybridized carbons (Fsp3) is 0.212. The summed E-state index contributed by atoms with van der Waals surface area (Å²) < 4.78 is 3.95. The highest BCUT2D eigenvalue weighted by Crippen LogP contribution is 2.31. The molecule has 5 aromatic rings. The molecule has 0 saturated heterocycles. The van der Waals surface area contributed by atoms with Gasteiger partial charge in [0, 0.05) is 27.9 Å². The summed E-state index contributed by atoms with van der Waals surface area (Å²) in [7, 11) is 0. The number of para-hydroxylation sites is 3. The van der Waals surface area contributed by atoms with Crippen LogP contribution in [-0.2, 0) is 11.3 Å². The maximum atomic E-state index is 13.0. The van der Waals surface area contributed by atoms with Gasteiger partial charge in [0.15, 0.2) is 0 Å². The predicted octanol–water partition coefficient (Wildman–Crippen LogP) is 7.80. The standard InChI is InChI=1S/C33H31ClN4O/c34-28-14-6-4-12-25(28)22-37-30-16-8-9-17-31(30)38(33(37)35)26-20-18-23(19-21-26)27-13-5-7-15-29(27)36-32(39)24-10-2-1-3-11-24/h4-9,12-21,24,35H,1-3,10-11,22H2,(H,36,39). The number of hydrogen-bond acceptors (Lipinski definition) is 2. The Kier molecular flexibility index (Phi) is 7.08. The largest absolute Gasteiger partial charge is 0.325 e. The smallest absolute Gasteiger partial charge is 0.227 e. The van der Waals surface area contributed by atoms with Crippen molar-refractivity contribution in [2.75, 3.05) is 5.32 Å². The number of imidazole rings is 1. The van der Waals surface area contributed by atoms with Crippen molar-refractivity contribution in [2.45, 2.75) is 38.6 Å². The van der Waals surface area contributed by atoms with Crippen molar-refractivity contribution in [3.05, 3.63) is 113 Å². The second kappa shape index (κ2) is 11.0. The van der Waals surface area contributed by atoms with Crippen LogP contribution in [0.5, 0.6) is 0 Å². The number of hydrogen-bond donors (Lipinski definition) is 2. The summed E-state index contributed by atoms with van der Waals surface area (Å²) in [5.41, 5.74) is 7.04. The van der Waals surface area contributed by atoms with E-state index < -0.39 is 0 Å². The Morgan fingerprint density at radius 2 is 1.49 bits per heavy atom. The lowest BCUT2D eigenvalue weighted by molar-refractivity contribution is -0.120. The molecule has 39 heavy (non-hydrogen) atoms. The molecule has 1 heterocycles. The summed E-state index contributed by atoms with van der Waals surface area (Å²) in [6.45, 7) is 0.512. The number of carbonyl (C=O) groups is 1. The molecule has 4 aromatic carbocycles. The van der Waals surface area contributed by atoms with Gasteiger partial charge in [0.2, 0.25) is 11.5 Å². The Hall–Kier alpha value is -4.09. The van der Waals surface area contributed by atoms with Crippen LogP contribution in [0.2, 0.25) is 5.02 Å². The number of anilines is 1. The first kappa shape index (κ1) is 25.2. The molecule has 0 atom stereocenters. The van der Waals surface area contributed by atoms with Gasteiger partial charge < -0.3 is 9.88 Å². The fourth-order valence-electron chi connectivity index (χ4n) is 5.68. The summed E-state index contributed by atoms with van der Waals surface area (Å²) in [4.78, 5) is 13.0.